The van der Waals surface area contributed by atoms with Crippen molar-refractivity contribution in [3.8, 4) is 0 Å². The highest BCUT2D eigenvalue weighted by Gasteiger charge is 2.10. The molecule has 2 rings (SSSR count). The molecule has 0 spiro atoms. The van der Waals surface area contributed by atoms with Crippen LogP contribution in [0.3, 0.4) is 0 Å². The lowest BCUT2D eigenvalue weighted by molar-refractivity contribution is 0.0954. The monoisotopic (exact) mass is 309 g/mol. The van der Waals surface area contributed by atoms with Crippen molar-refractivity contribution >= 4 is 34.9 Å². The van der Waals surface area contributed by atoms with E-state index in [0.717, 1.165) is 5.56 Å². The molecule has 0 aliphatic carbocycles. The predicted molar refractivity (Wildman–Crippen MR) is 81.1 cm³/mol. The van der Waals surface area contributed by atoms with Crippen molar-refractivity contribution in [3.63, 3.8) is 0 Å². The Morgan fingerprint density at radius 2 is 1.95 bits per heavy atom. The van der Waals surface area contributed by atoms with E-state index in [9.17, 15) is 4.79 Å². The Kier molecular flexibility index (Phi) is 4.82. The molecule has 1 aromatic carbocycles. The van der Waals surface area contributed by atoms with Crippen LogP contribution in [0, 0.1) is 0 Å². The molecule has 0 saturated heterocycles. The van der Waals surface area contributed by atoms with Crippen molar-refractivity contribution in [2.24, 2.45) is 0 Å². The van der Waals surface area contributed by atoms with Crippen LogP contribution in [0.5, 0.6) is 0 Å². The van der Waals surface area contributed by atoms with E-state index >= 15 is 0 Å². The molecule has 6 heteroatoms. The lowest BCUT2D eigenvalue weighted by Gasteiger charge is -2.07. The van der Waals surface area contributed by atoms with Crippen LogP contribution in [0.4, 0.5) is 5.82 Å². The summed E-state index contributed by atoms with van der Waals surface area (Å²) in [5, 5.41) is 3.76. The fraction of sp³-hybridized carbons (Fsp3) is 0.143. The lowest BCUT2D eigenvalue weighted by atomic mass is 10.1. The summed E-state index contributed by atoms with van der Waals surface area (Å²) >= 11 is 11.7. The zero-order valence-corrected chi connectivity index (χ0v) is 12.1. The molecule has 104 valence electrons. The lowest BCUT2D eigenvalue weighted by Crippen LogP contribution is -2.26. The van der Waals surface area contributed by atoms with E-state index in [4.69, 9.17) is 28.9 Å². The Hall–Kier alpha value is -1.78. The number of amides is 1. The zero-order valence-electron chi connectivity index (χ0n) is 10.6. The van der Waals surface area contributed by atoms with Crippen LogP contribution in [0.1, 0.15) is 15.9 Å². The van der Waals surface area contributed by atoms with E-state index in [-0.39, 0.29) is 16.7 Å². The third-order valence-corrected chi connectivity index (χ3v) is 3.29. The molecule has 0 saturated carbocycles. The molecule has 1 heterocycles. The summed E-state index contributed by atoms with van der Waals surface area (Å²) in [4.78, 5) is 15.8. The van der Waals surface area contributed by atoms with Gasteiger partial charge in [-0.3, -0.25) is 4.79 Å². The van der Waals surface area contributed by atoms with Crippen LogP contribution in [0.2, 0.25) is 10.0 Å². The summed E-state index contributed by atoms with van der Waals surface area (Å²) in [6.07, 6.45) is 2.08. The highest BCUT2D eigenvalue weighted by molar-refractivity contribution is 6.33. The summed E-state index contributed by atoms with van der Waals surface area (Å²) in [5.74, 6) is -0.00434. The molecule has 0 radical (unpaired) electrons. The standard InChI is InChI=1S/C14H13Cl2N3O/c15-10-3-1-9(2-4-10)5-6-18-14(20)11-7-13(17)19-8-12(11)16/h1-4,7-8H,5-6H2,(H2,17,19)(H,18,20). The van der Waals surface area contributed by atoms with Gasteiger partial charge in [0.25, 0.3) is 5.91 Å². The molecule has 1 aromatic heterocycles. The van der Waals surface area contributed by atoms with Crippen molar-refractivity contribution < 1.29 is 4.79 Å². The Labute approximate surface area is 126 Å². The van der Waals surface area contributed by atoms with E-state index in [1.165, 1.54) is 12.3 Å². The van der Waals surface area contributed by atoms with Gasteiger partial charge in [0.05, 0.1) is 10.6 Å². The highest BCUT2D eigenvalue weighted by atomic mass is 35.5. The van der Waals surface area contributed by atoms with Crippen LogP contribution in [0.15, 0.2) is 36.5 Å². The number of benzene rings is 1. The number of carbonyl (C=O) groups is 1. The number of aromatic nitrogens is 1. The van der Waals surface area contributed by atoms with Crippen LogP contribution in [-0.2, 0) is 6.42 Å². The number of nitrogens with two attached hydrogens (primary N) is 1. The number of hydrogen-bond acceptors (Lipinski definition) is 3. The predicted octanol–water partition coefficient (Wildman–Crippen LogP) is 2.94. The first kappa shape index (κ1) is 14.6. The van der Waals surface area contributed by atoms with Gasteiger partial charge in [-0.2, -0.15) is 0 Å². The number of hydrogen-bond donors (Lipinski definition) is 2. The fourth-order valence-electron chi connectivity index (χ4n) is 1.70. The van der Waals surface area contributed by atoms with Gasteiger partial charge in [-0.15, -0.1) is 0 Å². The Balaban J connectivity index is 1.92. The summed E-state index contributed by atoms with van der Waals surface area (Å²) in [6, 6.07) is 8.94. The van der Waals surface area contributed by atoms with Gasteiger partial charge in [0, 0.05) is 17.8 Å². The second-order valence-corrected chi connectivity index (χ2v) is 5.07. The average Bonchev–Trinajstić information content (AvgIpc) is 2.43. The molecule has 4 nitrogen and oxygen atoms in total. The molecular formula is C14H13Cl2N3O. The summed E-state index contributed by atoms with van der Waals surface area (Å²) in [7, 11) is 0. The van der Waals surface area contributed by atoms with Gasteiger partial charge in [-0.1, -0.05) is 35.3 Å². The minimum atomic E-state index is -0.266. The number of carbonyl (C=O) groups excluding carboxylic acids is 1. The van der Waals surface area contributed by atoms with Crippen molar-refractivity contribution in [2.45, 2.75) is 6.42 Å². The minimum Gasteiger partial charge on any atom is -0.384 e. The van der Waals surface area contributed by atoms with E-state index in [1.54, 1.807) is 0 Å². The molecule has 0 fully saturated rings. The number of anilines is 1. The molecule has 0 bridgehead atoms. The summed E-state index contributed by atoms with van der Waals surface area (Å²) in [5.41, 5.74) is 6.96. The number of nitrogen functional groups attached to an aromatic ring is 1. The quantitative estimate of drug-likeness (QED) is 0.912. The molecule has 0 aliphatic rings. The van der Waals surface area contributed by atoms with E-state index in [0.29, 0.717) is 23.6 Å². The maximum Gasteiger partial charge on any atom is 0.253 e. The first-order valence-corrected chi connectivity index (χ1v) is 6.75. The normalized spacial score (nSPS) is 10.3. The Bertz CT molecular complexity index is 614. The SMILES string of the molecule is Nc1cc(C(=O)NCCc2ccc(Cl)cc2)c(Cl)cn1. The van der Waals surface area contributed by atoms with Crippen LogP contribution in [0.25, 0.3) is 0 Å². The first-order chi connectivity index (χ1) is 9.56. The second kappa shape index (κ2) is 6.59. The van der Waals surface area contributed by atoms with Gasteiger partial charge in [0.15, 0.2) is 0 Å². The van der Waals surface area contributed by atoms with Gasteiger partial charge in [0.1, 0.15) is 5.82 Å². The van der Waals surface area contributed by atoms with Crippen molar-refractivity contribution in [3.05, 3.63) is 57.7 Å². The average molecular weight is 310 g/mol. The van der Waals surface area contributed by atoms with Gasteiger partial charge in [-0.25, -0.2) is 4.98 Å². The third kappa shape index (κ3) is 3.85. The van der Waals surface area contributed by atoms with Crippen LogP contribution >= 0.6 is 23.2 Å². The van der Waals surface area contributed by atoms with Crippen molar-refractivity contribution in [1.29, 1.82) is 0 Å². The number of nitrogens with one attached hydrogen (secondary N) is 1. The van der Waals surface area contributed by atoms with Crippen LogP contribution in [-0.4, -0.2) is 17.4 Å². The van der Waals surface area contributed by atoms with Crippen molar-refractivity contribution in [1.82, 2.24) is 10.3 Å². The molecule has 1 amide bonds. The Morgan fingerprint density at radius 3 is 2.65 bits per heavy atom. The Morgan fingerprint density at radius 1 is 1.25 bits per heavy atom. The smallest absolute Gasteiger partial charge is 0.253 e. The zero-order chi connectivity index (χ0) is 14.5. The maximum atomic E-state index is 12.0. The number of nitrogens with zero attached hydrogens (tertiary/aromatic N) is 1. The molecule has 3 N–H and O–H groups in total. The number of halogens is 2. The molecule has 2 aromatic rings. The number of pyridine rings is 1. The third-order valence-electron chi connectivity index (χ3n) is 2.73. The topological polar surface area (TPSA) is 68.0 Å². The number of rotatable bonds is 4. The van der Waals surface area contributed by atoms with E-state index < -0.39 is 0 Å². The second-order valence-electron chi connectivity index (χ2n) is 4.22. The molecule has 20 heavy (non-hydrogen) atoms. The van der Waals surface area contributed by atoms with Gasteiger partial charge >= 0.3 is 0 Å². The molecular weight excluding hydrogens is 297 g/mol. The largest absolute Gasteiger partial charge is 0.384 e. The van der Waals surface area contributed by atoms with E-state index in [1.807, 2.05) is 24.3 Å². The van der Waals surface area contributed by atoms with Crippen LogP contribution < -0.4 is 11.1 Å². The first-order valence-electron chi connectivity index (χ1n) is 6.00. The van der Waals surface area contributed by atoms with Gasteiger partial charge in [0.2, 0.25) is 0 Å². The van der Waals surface area contributed by atoms with Gasteiger partial charge in [-0.05, 0) is 30.2 Å². The highest BCUT2D eigenvalue weighted by Crippen LogP contribution is 2.16. The maximum absolute atomic E-state index is 12.0. The molecule has 0 unspecified atom stereocenters. The van der Waals surface area contributed by atoms with Crippen molar-refractivity contribution in [2.75, 3.05) is 12.3 Å². The fourth-order valence-corrected chi connectivity index (χ4v) is 2.01. The van der Waals surface area contributed by atoms with E-state index in [2.05, 4.69) is 10.3 Å². The molecule has 0 aliphatic heterocycles. The minimum absolute atomic E-state index is 0.261. The molecule has 0 atom stereocenters. The van der Waals surface area contributed by atoms with Gasteiger partial charge < -0.3 is 11.1 Å². The summed E-state index contributed by atoms with van der Waals surface area (Å²) < 4.78 is 0. The summed E-state index contributed by atoms with van der Waals surface area (Å²) in [6.45, 7) is 0.499.